The van der Waals surface area contributed by atoms with Gasteiger partial charge >= 0.3 is 12.8 Å². The summed E-state index contributed by atoms with van der Waals surface area (Å²) >= 11 is 0. The number of rotatable bonds is 25. The van der Waals surface area contributed by atoms with E-state index in [1.807, 2.05) is 87.5 Å². The number of H-pyrrole nitrogens is 4. The monoisotopic (exact) mass is 1450 g/mol. The number of imidazole rings is 4. The molecule has 8 heterocycles. The molecule has 0 bridgehead atoms. The van der Waals surface area contributed by atoms with Crippen LogP contribution in [0.5, 0.6) is 34.5 Å². The van der Waals surface area contributed by atoms with E-state index in [4.69, 9.17) is 28.4 Å². The maximum atomic E-state index is 12.7. The highest BCUT2D eigenvalue weighted by Gasteiger charge is 2.29. The molecule has 12 rings (SSSR count). The predicted octanol–water partition coefficient (Wildman–Crippen LogP) is 12.1. The lowest BCUT2D eigenvalue weighted by Crippen LogP contribution is -2.19. The Bertz CT molecular complexity index is 4850. The molecule has 12 aromatic rings. The number of aromatic nitrogens is 12. The molecule has 24 nitrogen and oxygen atoms in total. The fraction of sp³-hybridized carbons (Fsp3) is 0.269. The van der Waals surface area contributed by atoms with E-state index in [0.717, 1.165) is 79.3 Å². The number of para-hydroxylation sites is 4. The Hall–Kier alpha value is -9.96. The van der Waals surface area contributed by atoms with Gasteiger partial charge in [0.05, 0.1) is 167 Å². The third kappa shape index (κ3) is 19.5. The largest absolute Gasteiger partial charge is 0.497 e. The SMILES string of the molecule is COCCCOc1ccnc(CS(=O)c2nc3ccccc3[nH]2)c1C.COc1ccc2nc(S(=O)Cc3ncc(C)c(OC)c3C)[nH]c2c1.COc1ccnc(CS(=O)c2nc3ccc(OC(F)F)cc3[nH]2)c1C=O.Cc1c(OCC(F)(F)F)ccnc1CS(=O)c1nc2ccccc2[nH]1. The number of carbonyl (C=O) groups is 1. The van der Waals surface area contributed by atoms with Crippen LogP contribution < -0.4 is 28.4 Å². The van der Waals surface area contributed by atoms with Gasteiger partial charge < -0.3 is 53.1 Å². The molecule has 4 atom stereocenters. The van der Waals surface area contributed by atoms with Crippen molar-refractivity contribution in [3.8, 4) is 34.5 Å². The van der Waals surface area contributed by atoms with Crippen molar-refractivity contribution in [3.63, 3.8) is 0 Å². The van der Waals surface area contributed by atoms with Gasteiger partial charge in [-0.2, -0.15) is 22.0 Å². The summed E-state index contributed by atoms with van der Waals surface area (Å²) in [6.07, 6.45) is 3.19. The number of halogens is 5. The van der Waals surface area contributed by atoms with Crippen LogP contribution in [-0.4, -0.2) is 144 Å². The third-order valence-corrected chi connectivity index (χ3v) is 19.4. The van der Waals surface area contributed by atoms with E-state index >= 15 is 0 Å². The van der Waals surface area contributed by atoms with Gasteiger partial charge in [-0.05, 0) is 94.4 Å². The van der Waals surface area contributed by atoms with Crippen LogP contribution in [-0.2, 0) is 70.9 Å². The van der Waals surface area contributed by atoms with Gasteiger partial charge in [0.1, 0.15) is 34.5 Å². The van der Waals surface area contributed by atoms with Crippen molar-refractivity contribution in [2.75, 3.05) is 48.3 Å². The van der Waals surface area contributed by atoms with Crippen LogP contribution in [0.2, 0.25) is 0 Å². The molecular formula is C67H67F5N12O12S4. The number of aryl methyl sites for hydroxylation is 1. The molecule has 526 valence electrons. The Morgan fingerprint density at radius 2 is 0.930 bits per heavy atom. The minimum Gasteiger partial charge on any atom is -0.497 e. The number of methoxy groups -OCH3 is 4. The van der Waals surface area contributed by atoms with Crippen LogP contribution in [0.3, 0.4) is 0 Å². The molecule has 4 N–H and O–H groups in total. The van der Waals surface area contributed by atoms with E-state index in [9.17, 15) is 43.6 Å². The Balaban J connectivity index is 0.000000156. The van der Waals surface area contributed by atoms with E-state index in [2.05, 4.69) is 64.5 Å². The van der Waals surface area contributed by atoms with Crippen LogP contribution in [0.4, 0.5) is 22.0 Å². The molecule has 0 aliphatic rings. The Kier molecular flexibility index (Phi) is 25.8. The lowest BCUT2D eigenvalue weighted by molar-refractivity contribution is -0.153. The second kappa shape index (κ2) is 34.7. The van der Waals surface area contributed by atoms with E-state index in [0.29, 0.717) is 80.0 Å². The smallest absolute Gasteiger partial charge is 0.422 e. The number of hydrogen-bond donors (Lipinski definition) is 4. The normalized spacial score (nSPS) is 12.5. The number of benzene rings is 4. The van der Waals surface area contributed by atoms with Crippen LogP contribution >= 0.6 is 0 Å². The summed E-state index contributed by atoms with van der Waals surface area (Å²) in [6.45, 7) is 4.29. The fourth-order valence-electron chi connectivity index (χ4n) is 9.69. The van der Waals surface area contributed by atoms with Gasteiger partial charge in [0.2, 0.25) is 0 Å². The zero-order valence-corrected chi connectivity index (χ0v) is 58.2. The molecule has 0 amide bonds. The summed E-state index contributed by atoms with van der Waals surface area (Å²) in [5.41, 5.74) is 11.2. The van der Waals surface area contributed by atoms with Gasteiger partial charge in [-0.3, -0.25) is 41.6 Å². The van der Waals surface area contributed by atoms with Crippen molar-refractivity contribution in [3.05, 3.63) is 179 Å². The first-order valence-corrected chi connectivity index (χ1v) is 35.4. The number of nitrogens with one attached hydrogen (secondary N) is 4. The van der Waals surface area contributed by atoms with Crippen molar-refractivity contribution >= 4 is 93.6 Å². The van der Waals surface area contributed by atoms with Gasteiger partial charge in [-0.15, -0.1) is 0 Å². The van der Waals surface area contributed by atoms with E-state index in [1.165, 1.54) is 49.8 Å². The minimum absolute atomic E-state index is 0.0227. The topological polar surface area (TPSA) is 316 Å². The molecule has 0 aliphatic heterocycles. The number of hydrogen-bond acceptors (Lipinski definition) is 20. The van der Waals surface area contributed by atoms with Crippen LogP contribution in [0.1, 0.15) is 61.8 Å². The van der Waals surface area contributed by atoms with E-state index < -0.39 is 62.6 Å². The minimum atomic E-state index is -4.42. The Morgan fingerprint density at radius 1 is 0.490 bits per heavy atom. The van der Waals surface area contributed by atoms with Gasteiger partial charge in [0, 0.05) is 79.3 Å². The molecule has 0 radical (unpaired) electrons. The standard InChI is InChI=1S/C18H21N3O3S.C17H19N3O3S.C16H14F3N3O2S.C16H13F2N3O4S/c1-13-16(19-9-8-17(13)24-11-5-10-23-2)12-25(22)18-20-14-6-3-4-7-15(14)21-18;1-10-8-18-15(11(2)16(10)23-4)9-24(21)17-19-13-6-5-12(22-3)7-14(13)20-17;1-10-13(20-7-6-14(10)24-9-16(17,18)19)8-25(23)15-21-11-4-2-3-5-12(11)22-15;1-24-14-4-5-19-13(10(14)7-22)8-26(23)16-20-11-3-2-9(25-15(17)18)6-12(11)21-16/h3-4,6-9H,5,10-12H2,1-2H3,(H,20,21);5-8H,9H2,1-4H3,(H,19,20);2-7H,8-9H2,1H3,(H,21,22);2-7,15H,8H2,1H3,(H,20,21). The summed E-state index contributed by atoms with van der Waals surface area (Å²) in [5.74, 6) is 3.18. The molecule has 33 heteroatoms. The molecule has 4 unspecified atom stereocenters. The lowest BCUT2D eigenvalue weighted by atomic mass is 10.1. The van der Waals surface area contributed by atoms with Crippen molar-refractivity contribution in [2.45, 2.75) is 90.5 Å². The summed E-state index contributed by atoms with van der Waals surface area (Å²) in [7, 11) is 0.543. The number of aromatic amines is 4. The van der Waals surface area contributed by atoms with Gasteiger partial charge in [-0.1, -0.05) is 24.3 Å². The number of pyridine rings is 4. The maximum Gasteiger partial charge on any atom is 0.422 e. The van der Waals surface area contributed by atoms with E-state index in [-0.39, 0.29) is 39.5 Å². The van der Waals surface area contributed by atoms with Crippen molar-refractivity contribution in [1.82, 2.24) is 59.8 Å². The van der Waals surface area contributed by atoms with Crippen molar-refractivity contribution in [2.24, 2.45) is 0 Å². The first-order chi connectivity index (χ1) is 48.1. The molecule has 100 heavy (non-hydrogen) atoms. The summed E-state index contributed by atoms with van der Waals surface area (Å²) in [4.78, 5) is 57.5. The number of nitrogens with zero attached hydrogens (tertiary/aromatic N) is 8. The number of aldehydes is 1. The number of ether oxygens (including phenoxy) is 7. The molecular weight excluding hydrogens is 1390 g/mol. The maximum absolute atomic E-state index is 12.7. The average molecular weight is 1460 g/mol. The van der Waals surface area contributed by atoms with Crippen molar-refractivity contribution < 1.29 is 76.7 Å². The Morgan fingerprint density at radius 3 is 1.39 bits per heavy atom. The van der Waals surface area contributed by atoms with Crippen LogP contribution in [0.25, 0.3) is 44.1 Å². The van der Waals surface area contributed by atoms with Gasteiger partial charge in [0.15, 0.2) is 33.5 Å². The first-order valence-electron chi connectivity index (χ1n) is 30.1. The number of fused-ring (bicyclic) bond motifs is 4. The number of carbonyl (C=O) groups excluding carboxylic acids is 1. The third-order valence-electron chi connectivity index (χ3n) is 14.8. The lowest BCUT2D eigenvalue weighted by Gasteiger charge is -2.13. The van der Waals surface area contributed by atoms with E-state index in [1.54, 1.807) is 46.7 Å². The van der Waals surface area contributed by atoms with Crippen LogP contribution in [0.15, 0.2) is 149 Å². The fourth-order valence-corrected chi connectivity index (χ4v) is 14.0. The Labute approximate surface area is 578 Å². The first kappa shape index (κ1) is 74.3. The quantitative estimate of drug-likeness (QED) is 0.0235. The highest BCUT2D eigenvalue weighted by atomic mass is 32.2. The molecule has 0 saturated heterocycles. The molecule has 0 spiro atoms. The summed E-state index contributed by atoms with van der Waals surface area (Å²) in [5, 5.41) is 1.33. The second-order valence-electron chi connectivity index (χ2n) is 21.5. The summed E-state index contributed by atoms with van der Waals surface area (Å²) < 4.78 is 148. The molecule has 0 fully saturated rings. The van der Waals surface area contributed by atoms with Gasteiger partial charge in [0.25, 0.3) is 0 Å². The highest BCUT2D eigenvalue weighted by Crippen LogP contribution is 2.30. The zero-order valence-electron chi connectivity index (χ0n) is 54.9. The number of alkyl halides is 5. The highest BCUT2D eigenvalue weighted by molar-refractivity contribution is 7.84. The summed E-state index contributed by atoms with van der Waals surface area (Å²) in [6, 6.07) is 29.3. The van der Waals surface area contributed by atoms with Crippen molar-refractivity contribution in [1.29, 1.82) is 0 Å². The molecule has 0 saturated carbocycles. The zero-order chi connectivity index (χ0) is 71.6. The molecule has 4 aromatic carbocycles. The van der Waals surface area contributed by atoms with Crippen LogP contribution in [0, 0.1) is 27.7 Å². The molecule has 8 aromatic heterocycles. The molecule has 0 aliphatic carbocycles. The average Bonchev–Trinajstić information content (AvgIpc) is 1.76. The predicted molar refractivity (Wildman–Crippen MR) is 366 cm³/mol. The van der Waals surface area contributed by atoms with Gasteiger partial charge in [-0.25, -0.2) is 19.9 Å². The second-order valence-corrected chi connectivity index (χ2v) is 27.0.